The van der Waals surface area contributed by atoms with E-state index in [-0.39, 0.29) is 6.54 Å². The Hall–Kier alpha value is -1.58. The van der Waals surface area contributed by atoms with E-state index in [0.29, 0.717) is 10.6 Å². The predicted molar refractivity (Wildman–Crippen MR) is 52.3 cm³/mol. The molecule has 0 aliphatic rings. The Balaban J connectivity index is 2.79. The minimum absolute atomic E-state index is 0.205. The zero-order valence-corrected chi connectivity index (χ0v) is 7.82. The van der Waals surface area contributed by atoms with Crippen molar-refractivity contribution in [1.29, 1.82) is 0 Å². The largest absolute Gasteiger partial charge is 0.227 e. The Kier molecular flexibility index (Phi) is 3.91. The Bertz CT molecular complexity index is 398. The van der Waals surface area contributed by atoms with Crippen LogP contribution in [0, 0.1) is 5.95 Å². The SMILES string of the molecule is [N-]=[N+]=NCC=Cc1cc(F)ncc1Cl. The first kappa shape index (κ1) is 10.5. The molecular formula is C8H6ClFN4. The molecule has 0 saturated carbocycles. The highest BCUT2D eigenvalue weighted by Gasteiger charge is 1.98. The summed E-state index contributed by atoms with van der Waals surface area (Å²) in [6, 6.07) is 1.20. The third kappa shape index (κ3) is 3.05. The maximum absolute atomic E-state index is 12.6. The first-order valence-corrected chi connectivity index (χ1v) is 4.10. The highest BCUT2D eigenvalue weighted by Crippen LogP contribution is 2.16. The highest BCUT2D eigenvalue weighted by atomic mass is 35.5. The lowest BCUT2D eigenvalue weighted by molar-refractivity contribution is 0.583. The van der Waals surface area contributed by atoms with Gasteiger partial charge in [-0.1, -0.05) is 28.9 Å². The molecule has 1 rings (SSSR count). The molecule has 0 aliphatic heterocycles. The van der Waals surface area contributed by atoms with Crippen molar-refractivity contribution in [2.75, 3.05) is 6.54 Å². The van der Waals surface area contributed by atoms with Crippen molar-refractivity contribution in [1.82, 2.24) is 4.98 Å². The Morgan fingerprint density at radius 3 is 3.21 bits per heavy atom. The quantitative estimate of drug-likeness (QED) is 0.328. The molecule has 0 spiro atoms. The van der Waals surface area contributed by atoms with E-state index in [0.717, 1.165) is 0 Å². The zero-order valence-electron chi connectivity index (χ0n) is 7.06. The van der Waals surface area contributed by atoms with Crippen LogP contribution in [0.1, 0.15) is 5.56 Å². The number of hydrogen-bond acceptors (Lipinski definition) is 2. The zero-order chi connectivity index (χ0) is 10.4. The van der Waals surface area contributed by atoms with Crippen LogP contribution in [0.25, 0.3) is 16.5 Å². The van der Waals surface area contributed by atoms with Crippen molar-refractivity contribution in [3.8, 4) is 0 Å². The maximum Gasteiger partial charge on any atom is 0.213 e. The van der Waals surface area contributed by atoms with Crippen LogP contribution in [0.2, 0.25) is 5.02 Å². The minimum Gasteiger partial charge on any atom is -0.227 e. The number of hydrogen-bond donors (Lipinski definition) is 0. The number of aromatic nitrogens is 1. The smallest absolute Gasteiger partial charge is 0.213 e. The highest BCUT2D eigenvalue weighted by molar-refractivity contribution is 6.31. The molecule has 0 fully saturated rings. The van der Waals surface area contributed by atoms with Gasteiger partial charge in [0.2, 0.25) is 5.95 Å². The van der Waals surface area contributed by atoms with Crippen LogP contribution in [0.5, 0.6) is 0 Å². The number of halogens is 2. The van der Waals surface area contributed by atoms with Crippen molar-refractivity contribution in [3.05, 3.63) is 45.3 Å². The van der Waals surface area contributed by atoms with E-state index >= 15 is 0 Å². The summed E-state index contributed by atoms with van der Waals surface area (Å²) in [5, 5.41) is 3.63. The Morgan fingerprint density at radius 1 is 1.71 bits per heavy atom. The summed E-state index contributed by atoms with van der Waals surface area (Å²) in [5.41, 5.74) is 8.50. The molecule has 0 aliphatic carbocycles. The average molecular weight is 213 g/mol. The lowest BCUT2D eigenvalue weighted by Gasteiger charge is -1.96. The van der Waals surface area contributed by atoms with Gasteiger partial charge >= 0.3 is 0 Å². The van der Waals surface area contributed by atoms with Crippen LogP contribution in [-0.2, 0) is 0 Å². The molecule has 0 amide bonds. The second-order valence-corrected chi connectivity index (χ2v) is 2.75. The van der Waals surface area contributed by atoms with E-state index in [1.165, 1.54) is 12.3 Å². The Labute approximate surface area is 84.7 Å². The fourth-order valence-corrected chi connectivity index (χ4v) is 0.985. The number of nitrogens with zero attached hydrogens (tertiary/aromatic N) is 4. The van der Waals surface area contributed by atoms with Crippen LogP contribution >= 0.6 is 11.6 Å². The molecule has 6 heteroatoms. The first-order valence-electron chi connectivity index (χ1n) is 3.72. The van der Waals surface area contributed by atoms with E-state index in [9.17, 15) is 4.39 Å². The summed E-state index contributed by atoms with van der Waals surface area (Å²) < 4.78 is 12.6. The molecule has 0 saturated heterocycles. The van der Waals surface area contributed by atoms with E-state index in [4.69, 9.17) is 17.1 Å². The fourth-order valence-electron chi connectivity index (χ4n) is 0.818. The molecule has 4 nitrogen and oxygen atoms in total. The molecule has 0 N–H and O–H groups in total. The standard InChI is InChI=1S/C8H6ClFN4/c9-7-5-12-8(10)4-6(7)2-1-3-13-14-11/h1-2,4-5H,3H2. The van der Waals surface area contributed by atoms with Gasteiger partial charge in [0.05, 0.1) is 5.02 Å². The summed E-state index contributed by atoms with van der Waals surface area (Å²) in [6.45, 7) is 0.205. The van der Waals surface area contributed by atoms with E-state index in [2.05, 4.69) is 15.0 Å². The third-order valence-corrected chi connectivity index (χ3v) is 1.72. The van der Waals surface area contributed by atoms with Gasteiger partial charge in [-0.15, -0.1) is 0 Å². The molecule has 0 aromatic carbocycles. The molecule has 0 atom stereocenters. The van der Waals surface area contributed by atoms with E-state index < -0.39 is 5.95 Å². The van der Waals surface area contributed by atoms with Crippen molar-refractivity contribution in [2.24, 2.45) is 5.11 Å². The maximum atomic E-state index is 12.6. The topological polar surface area (TPSA) is 61.7 Å². The second kappa shape index (κ2) is 5.21. The van der Waals surface area contributed by atoms with Crippen molar-refractivity contribution < 1.29 is 4.39 Å². The second-order valence-electron chi connectivity index (χ2n) is 2.34. The fraction of sp³-hybridized carbons (Fsp3) is 0.125. The van der Waals surface area contributed by atoms with E-state index in [1.807, 2.05) is 0 Å². The molecule has 0 bridgehead atoms. The number of azide groups is 1. The summed E-state index contributed by atoms with van der Waals surface area (Å²) in [7, 11) is 0. The van der Waals surface area contributed by atoms with Gasteiger partial charge in [0.15, 0.2) is 0 Å². The van der Waals surface area contributed by atoms with Gasteiger partial charge in [-0.3, -0.25) is 0 Å². The van der Waals surface area contributed by atoms with Crippen LogP contribution in [0.15, 0.2) is 23.5 Å². The molecule has 1 heterocycles. The monoisotopic (exact) mass is 212 g/mol. The first-order chi connectivity index (χ1) is 6.74. The van der Waals surface area contributed by atoms with Crippen LogP contribution in [-0.4, -0.2) is 11.5 Å². The molecule has 72 valence electrons. The van der Waals surface area contributed by atoms with Gasteiger partial charge in [0, 0.05) is 23.7 Å². The summed E-state index contributed by atoms with van der Waals surface area (Å²) in [4.78, 5) is 5.93. The summed E-state index contributed by atoms with van der Waals surface area (Å²) >= 11 is 5.73. The number of rotatable bonds is 3. The van der Waals surface area contributed by atoms with Crippen molar-refractivity contribution in [3.63, 3.8) is 0 Å². The van der Waals surface area contributed by atoms with Crippen LogP contribution in [0.4, 0.5) is 4.39 Å². The molecule has 0 radical (unpaired) electrons. The molecule has 1 aromatic heterocycles. The van der Waals surface area contributed by atoms with Crippen LogP contribution < -0.4 is 0 Å². The molecule has 14 heavy (non-hydrogen) atoms. The molecule has 0 unspecified atom stereocenters. The van der Waals surface area contributed by atoms with Gasteiger partial charge in [0.1, 0.15) is 0 Å². The van der Waals surface area contributed by atoms with Crippen molar-refractivity contribution in [2.45, 2.75) is 0 Å². The number of pyridine rings is 1. The van der Waals surface area contributed by atoms with Gasteiger partial charge in [-0.25, -0.2) is 4.98 Å². The Morgan fingerprint density at radius 2 is 2.50 bits per heavy atom. The minimum atomic E-state index is -0.599. The van der Waals surface area contributed by atoms with Gasteiger partial charge in [0.25, 0.3) is 0 Å². The summed E-state index contributed by atoms with van der Waals surface area (Å²) in [5.74, 6) is -0.599. The van der Waals surface area contributed by atoms with Crippen molar-refractivity contribution >= 4 is 17.7 Å². The van der Waals surface area contributed by atoms with E-state index in [1.54, 1.807) is 12.2 Å². The lowest BCUT2D eigenvalue weighted by Crippen LogP contribution is -1.84. The van der Waals surface area contributed by atoms with Gasteiger partial charge < -0.3 is 0 Å². The third-order valence-electron chi connectivity index (χ3n) is 1.40. The average Bonchev–Trinajstić information content (AvgIpc) is 2.18. The summed E-state index contributed by atoms with van der Waals surface area (Å²) in [6.07, 6.45) is 4.38. The predicted octanol–water partition coefficient (Wildman–Crippen LogP) is 3.20. The van der Waals surface area contributed by atoms with Gasteiger partial charge in [-0.05, 0) is 11.1 Å². The van der Waals surface area contributed by atoms with Crippen LogP contribution in [0.3, 0.4) is 0 Å². The molecule has 1 aromatic rings. The van der Waals surface area contributed by atoms with Gasteiger partial charge in [-0.2, -0.15) is 4.39 Å². The normalized spacial score (nSPS) is 10.1. The molecular weight excluding hydrogens is 207 g/mol. The lowest BCUT2D eigenvalue weighted by atomic mass is 10.2.